The number of sulfone groups is 1. The van der Waals surface area contributed by atoms with Gasteiger partial charge in [-0.1, -0.05) is 23.6 Å². The van der Waals surface area contributed by atoms with E-state index in [0.717, 1.165) is 18.4 Å². The number of rotatable bonds is 11. The molecule has 8 rings (SSSR count). The number of benzene rings is 2. The topological polar surface area (TPSA) is 158 Å². The number of hydrogen-bond acceptors (Lipinski definition) is 8. The second kappa shape index (κ2) is 14.7. The molecule has 62 heavy (non-hydrogen) atoms. The Balaban J connectivity index is 1.29. The second-order valence-corrected chi connectivity index (χ2v) is 21.2. The summed E-state index contributed by atoms with van der Waals surface area (Å²) < 4.78 is 156. The molecule has 22 heteroatoms. The molecular weight excluding hydrogens is 891 g/mol. The van der Waals surface area contributed by atoms with Gasteiger partial charge in [-0.2, -0.15) is 32.1 Å². The minimum atomic E-state index is -5.11. The number of halogens is 8. The first kappa shape index (κ1) is 43.4. The molecule has 0 bridgehead atoms. The molecule has 0 spiro atoms. The molecule has 328 valence electrons. The summed E-state index contributed by atoms with van der Waals surface area (Å²) in [4.78, 5) is 18.8. The van der Waals surface area contributed by atoms with E-state index in [0.29, 0.717) is 23.6 Å². The second-order valence-electron chi connectivity index (χ2n) is 16.2. The Kier molecular flexibility index (Phi) is 10.3. The van der Waals surface area contributed by atoms with Crippen molar-refractivity contribution in [2.45, 2.75) is 80.1 Å². The molecule has 0 saturated heterocycles. The molecule has 0 radical (unpaired) electrons. The van der Waals surface area contributed by atoms with Crippen molar-refractivity contribution in [3.63, 3.8) is 0 Å². The molecule has 2 saturated carbocycles. The van der Waals surface area contributed by atoms with Gasteiger partial charge >= 0.3 is 6.18 Å². The zero-order valence-electron chi connectivity index (χ0n) is 33.0. The highest BCUT2D eigenvalue weighted by Crippen LogP contribution is 2.68. The Bertz CT molecular complexity index is 2990. The third-order valence-corrected chi connectivity index (χ3v) is 14.9. The van der Waals surface area contributed by atoms with E-state index in [2.05, 4.69) is 32.1 Å². The fraction of sp³-hybridized carbons (Fsp3) is 0.400. The van der Waals surface area contributed by atoms with Gasteiger partial charge in [0.2, 0.25) is 15.9 Å². The van der Waals surface area contributed by atoms with Crippen LogP contribution in [0.1, 0.15) is 79.0 Å². The number of carbonyl (C=O) groups is 1. The summed E-state index contributed by atoms with van der Waals surface area (Å²) in [7, 11) is -6.11. The van der Waals surface area contributed by atoms with Gasteiger partial charge in [0, 0.05) is 35.7 Å². The molecule has 5 aromatic rings. The normalized spacial score (nSPS) is 18.8. The van der Waals surface area contributed by atoms with Crippen LogP contribution in [-0.4, -0.2) is 63.5 Å². The minimum absolute atomic E-state index is 0.0407. The predicted molar refractivity (Wildman–Crippen MR) is 213 cm³/mol. The maximum atomic E-state index is 15.5. The summed E-state index contributed by atoms with van der Waals surface area (Å²) in [5.74, 6) is -3.90. The van der Waals surface area contributed by atoms with Gasteiger partial charge in [0.15, 0.2) is 21.3 Å². The zero-order chi connectivity index (χ0) is 45.1. The highest BCUT2D eigenvalue weighted by atomic mass is 35.5. The van der Waals surface area contributed by atoms with E-state index in [-0.39, 0.29) is 56.2 Å². The van der Waals surface area contributed by atoms with Crippen LogP contribution >= 0.6 is 11.6 Å². The van der Waals surface area contributed by atoms with Crippen LogP contribution in [0, 0.1) is 29.4 Å². The number of anilines is 1. The summed E-state index contributed by atoms with van der Waals surface area (Å²) in [6, 6.07) is 6.93. The van der Waals surface area contributed by atoms with Crippen LogP contribution in [0.15, 0.2) is 42.5 Å². The molecule has 3 aromatic heterocycles. The van der Waals surface area contributed by atoms with Crippen molar-refractivity contribution < 1.29 is 52.4 Å². The molecular formula is C40H35ClF7N7O5S2. The van der Waals surface area contributed by atoms with Crippen molar-refractivity contribution in [2.75, 3.05) is 11.0 Å². The van der Waals surface area contributed by atoms with Crippen LogP contribution in [0.4, 0.5) is 36.6 Å². The lowest BCUT2D eigenvalue weighted by atomic mass is 9.93. The monoisotopic (exact) mass is 925 g/mol. The standard InChI is InChI=1S/C40H35ClF7N7O5S2/c1-38(2,62(59,60)23-6-7-23)12-11-22-5-8-24(25-9-10-28(41)32-34(25)54(3)52-37(32)53-61(4,57)58)33(49-22)29(15-19-13-20(42)16-21(43)14-19)50-30(56)18-55-36-31(35(51-55)40(46,47)48)26-17-27(26)39(36,44)45/h5,8-10,13-14,16,23,26-27,29H,6-7,15,17-18H2,1-4H3,(H,50,56)(H,52,53)/t26-,27?,29-/m0/s1. The number of sulfonamides is 1. The highest BCUT2D eigenvalue weighted by Gasteiger charge is 2.68. The number of nitrogens with zero attached hydrogens (tertiary/aromatic N) is 5. The Labute approximate surface area is 355 Å². The van der Waals surface area contributed by atoms with E-state index >= 15 is 8.78 Å². The van der Waals surface area contributed by atoms with Crippen molar-refractivity contribution in [3.8, 4) is 23.0 Å². The predicted octanol–water partition coefficient (Wildman–Crippen LogP) is 7.17. The van der Waals surface area contributed by atoms with Gasteiger partial charge in [-0.15, -0.1) is 0 Å². The molecule has 2 fully saturated rings. The van der Waals surface area contributed by atoms with Gasteiger partial charge in [-0.3, -0.25) is 18.9 Å². The van der Waals surface area contributed by atoms with Gasteiger partial charge in [0.05, 0.1) is 39.2 Å². The number of alkyl halides is 5. The Morgan fingerprint density at radius 2 is 1.68 bits per heavy atom. The first-order valence-electron chi connectivity index (χ1n) is 19.0. The van der Waals surface area contributed by atoms with E-state index in [4.69, 9.17) is 16.6 Å². The van der Waals surface area contributed by atoms with E-state index in [9.17, 15) is 43.6 Å². The molecule has 3 atom stereocenters. The lowest BCUT2D eigenvalue weighted by molar-refractivity contribution is -0.142. The zero-order valence-corrected chi connectivity index (χ0v) is 35.4. The van der Waals surface area contributed by atoms with Crippen molar-refractivity contribution in [3.05, 3.63) is 93.0 Å². The van der Waals surface area contributed by atoms with E-state index in [1.165, 1.54) is 49.8 Å². The molecule has 1 unspecified atom stereocenters. The fourth-order valence-electron chi connectivity index (χ4n) is 8.11. The number of amides is 1. The molecule has 2 aromatic carbocycles. The molecule has 1 amide bonds. The van der Waals surface area contributed by atoms with E-state index in [1.807, 2.05) is 0 Å². The van der Waals surface area contributed by atoms with Crippen molar-refractivity contribution in [1.29, 1.82) is 0 Å². The minimum Gasteiger partial charge on any atom is -0.346 e. The number of aryl methyl sites for hydroxylation is 1. The van der Waals surface area contributed by atoms with Crippen LogP contribution < -0.4 is 10.0 Å². The fourth-order valence-corrected chi connectivity index (χ4v) is 10.6. The molecule has 3 aliphatic rings. The molecule has 12 nitrogen and oxygen atoms in total. The summed E-state index contributed by atoms with van der Waals surface area (Å²) in [5.41, 5.74) is -2.71. The largest absolute Gasteiger partial charge is 0.435 e. The summed E-state index contributed by atoms with van der Waals surface area (Å²) >= 11 is 6.59. The van der Waals surface area contributed by atoms with Crippen molar-refractivity contribution in [2.24, 2.45) is 13.0 Å². The Morgan fingerprint density at radius 1 is 1.02 bits per heavy atom. The van der Waals surface area contributed by atoms with Crippen LogP contribution in [-0.2, 0) is 56.8 Å². The van der Waals surface area contributed by atoms with E-state index < -0.39 is 107 Å². The number of hydrogen-bond donors (Lipinski definition) is 2. The first-order valence-corrected chi connectivity index (χ1v) is 22.8. The average molecular weight is 926 g/mol. The Hall–Kier alpha value is -5.20. The number of aromatic nitrogens is 5. The maximum Gasteiger partial charge on any atom is 0.435 e. The van der Waals surface area contributed by atoms with Gasteiger partial charge in [-0.25, -0.2) is 30.6 Å². The van der Waals surface area contributed by atoms with Gasteiger partial charge < -0.3 is 5.32 Å². The molecule has 3 heterocycles. The van der Waals surface area contributed by atoms with Crippen molar-refractivity contribution >= 4 is 54.1 Å². The Morgan fingerprint density at radius 3 is 2.31 bits per heavy atom. The average Bonchev–Trinajstić information content (AvgIpc) is 4.07. The third kappa shape index (κ3) is 7.89. The summed E-state index contributed by atoms with van der Waals surface area (Å²) in [6.07, 6.45) is -3.87. The molecule has 2 N–H and O–H groups in total. The molecule has 3 aliphatic carbocycles. The van der Waals surface area contributed by atoms with Gasteiger partial charge in [0.1, 0.15) is 34.3 Å². The quantitative estimate of drug-likeness (QED) is 0.104. The lowest BCUT2D eigenvalue weighted by Crippen LogP contribution is -2.35. The summed E-state index contributed by atoms with van der Waals surface area (Å²) in [6.45, 7) is 1.74. The van der Waals surface area contributed by atoms with Crippen LogP contribution in [0.25, 0.3) is 22.0 Å². The number of pyridine rings is 1. The first-order chi connectivity index (χ1) is 28.8. The maximum absolute atomic E-state index is 15.5. The van der Waals surface area contributed by atoms with Crippen LogP contribution in [0.5, 0.6) is 0 Å². The van der Waals surface area contributed by atoms with Crippen LogP contribution in [0.3, 0.4) is 0 Å². The lowest BCUT2D eigenvalue weighted by Gasteiger charge is -2.23. The summed E-state index contributed by atoms with van der Waals surface area (Å²) in [5, 5.41) is 10.00. The van der Waals surface area contributed by atoms with Gasteiger partial charge in [-0.05, 0) is 87.3 Å². The van der Waals surface area contributed by atoms with Gasteiger partial charge in [0.25, 0.3) is 5.92 Å². The molecule has 0 aliphatic heterocycles. The highest BCUT2D eigenvalue weighted by molar-refractivity contribution is 7.93. The third-order valence-electron chi connectivity index (χ3n) is 11.1. The number of nitrogens with one attached hydrogen (secondary N) is 2. The smallest absolute Gasteiger partial charge is 0.346 e. The van der Waals surface area contributed by atoms with Crippen molar-refractivity contribution in [1.82, 2.24) is 29.9 Å². The van der Waals surface area contributed by atoms with E-state index in [1.54, 1.807) is 0 Å². The number of carbonyl (C=O) groups excluding carboxylic acids is 1. The SMILES string of the molecule is Cn1nc(NS(C)(=O)=O)c2c(Cl)ccc(-c3ccc(C#CC(C)(C)S(=O)(=O)C4CC4)nc3[C@H](Cc3cc(F)cc(F)c3)NC(=O)Cn3nc(C(F)(F)F)c4c3C(F)(F)C3C[C@H]43)c21. The van der Waals surface area contributed by atoms with Crippen LogP contribution in [0.2, 0.25) is 5.02 Å². The number of fused-ring (bicyclic) bond motifs is 4.